The van der Waals surface area contributed by atoms with Crippen molar-refractivity contribution in [1.29, 1.82) is 5.26 Å². The van der Waals surface area contributed by atoms with Crippen LogP contribution in [0.4, 0.5) is 0 Å². The number of aromatic nitrogens is 2. The van der Waals surface area contributed by atoms with Crippen LogP contribution in [-0.2, 0) is 4.74 Å². The molecule has 2 aliphatic rings. The van der Waals surface area contributed by atoms with E-state index >= 15 is 0 Å². The Morgan fingerprint density at radius 1 is 1.24 bits per heavy atom. The van der Waals surface area contributed by atoms with Crippen LogP contribution in [0, 0.1) is 11.3 Å². The molecule has 2 aliphatic heterocycles. The van der Waals surface area contributed by atoms with Crippen molar-refractivity contribution < 1.29 is 4.74 Å². The number of nitrogens with zero attached hydrogens (tertiary/aromatic N) is 4. The third kappa shape index (κ3) is 3.22. The molecule has 4 rings (SSSR count). The molecule has 0 amide bonds. The van der Waals surface area contributed by atoms with Crippen LogP contribution in [0.5, 0.6) is 0 Å². The van der Waals surface area contributed by atoms with Gasteiger partial charge in [-0.25, -0.2) is 15.4 Å². The molecule has 148 valence electrons. The molecule has 29 heavy (non-hydrogen) atoms. The zero-order valence-corrected chi connectivity index (χ0v) is 16.8. The maximum Gasteiger partial charge on any atom is 0.214 e. The van der Waals surface area contributed by atoms with Gasteiger partial charge in [0.2, 0.25) is 11.8 Å². The molecule has 2 aromatic rings. The maximum atomic E-state index is 9.84. The van der Waals surface area contributed by atoms with Gasteiger partial charge in [0.1, 0.15) is 11.6 Å². The Morgan fingerprint density at radius 2 is 1.93 bits per heavy atom. The molecule has 2 unspecified atom stereocenters. The molecule has 0 spiro atoms. The van der Waals surface area contributed by atoms with E-state index in [1.165, 1.54) is 0 Å². The Bertz CT molecular complexity index is 1000. The van der Waals surface area contributed by atoms with E-state index in [4.69, 9.17) is 10.5 Å². The Morgan fingerprint density at radius 3 is 2.52 bits per heavy atom. The highest BCUT2D eigenvalue weighted by atomic mass is 16.5. The van der Waals surface area contributed by atoms with Crippen molar-refractivity contribution in [3.63, 3.8) is 0 Å². The minimum Gasteiger partial charge on any atom is -0.423 e. The Hall–Kier alpha value is -3.37. The van der Waals surface area contributed by atoms with Gasteiger partial charge in [-0.3, -0.25) is 5.01 Å². The molecule has 0 saturated heterocycles. The van der Waals surface area contributed by atoms with E-state index in [9.17, 15) is 5.26 Å². The second-order valence-corrected chi connectivity index (χ2v) is 7.43. The van der Waals surface area contributed by atoms with Gasteiger partial charge in [-0.1, -0.05) is 31.2 Å². The van der Waals surface area contributed by atoms with Crippen LogP contribution in [0.1, 0.15) is 38.7 Å². The van der Waals surface area contributed by atoms with E-state index in [0.29, 0.717) is 17.3 Å². The molecule has 0 aliphatic carbocycles. The molecule has 7 heteroatoms. The van der Waals surface area contributed by atoms with Crippen LogP contribution in [0.2, 0.25) is 0 Å². The average Bonchev–Trinajstić information content (AvgIpc) is 3.12. The Balaban J connectivity index is 1.79. The van der Waals surface area contributed by atoms with Gasteiger partial charge >= 0.3 is 0 Å². The fraction of sp³-hybridized carbons (Fsp3) is 0.318. The number of ether oxygens (including phenoxy) is 1. The predicted molar refractivity (Wildman–Crippen MR) is 109 cm³/mol. The number of nitriles is 1. The molecule has 3 heterocycles. The van der Waals surface area contributed by atoms with Crippen molar-refractivity contribution in [2.45, 2.75) is 45.2 Å². The lowest BCUT2D eigenvalue weighted by Gasteiger charge is -2.30. The van der Waals surface area contributed by atoms with Gasteiger partial charge in [0.05, 0.1) is 12.0 Å². The highest BCUT2D eigenvalue weighted by Crippen LogP contribution is 2.45. The highest BCUT2D eigenvalue weighted by Gasteiger charge is 2.43. The van der Waals surface area contributed by atoms with Crippen LogP contribution < -0.4 is 11.2 Å². The first-order valence-corrected chi connectivity index (χ1v) is 9.79. The molecule has 7 nitrogen and oxygen atoms in total. The normalized spacial score (nSPS) is 21.3. The summed E-state index contributed by atoms with van der Waals surface area (Å²) in [5, 5.41) is 11.8. The molecular formula is C22H24N6O. The zero-order valence-electron chi connectivity index (χ0n) is 16.8. The van der Waals surface area contributed by atoms with E-state index < -0.39 is 0 Å². The van der Waals surface area contributed by atoms with Gasteiger partial charge in [-0.05, 0) is 31.9 Å². The molecule has 1 aromatic carbocycles. The van der Waals surface area contributed by atoms with Gasteiger partial charge in [0, 0.05) is 29.6 Å². The smallest absolute Gasteiger partial charge is 0.214 e. The summed E-state index contributed by atoms with van der Waals surface area (Å²) in [6.45, 7) is 6.29. The molecular weight excluding hydrogens is 364 g/mol. The number of allylic oxidation sites excluding steroid dienone is 1. The largest absolute Gasteiger partial charge is 0.423 e. The quantitative estimate of drug-likeness (QED) is 0.830. The fourth-order valence-electron chi connectivity index (χ4n) is 3.91. The van der Waals surface area contributed by atoms with Gasteiger partial charge in [0.15, 0.2) is 5.82 Å². The third-order valence-electron chi connectivity index (χ3n) is 5.32. The van der Waals surface area contributed by atoms with Crippen molar-refractivity contribution >= 4 is 0 Å². The van der Waals surface area contributed by atoms with E-state index in [-0.39, 0.29) is 23.9 Å². The number of nitrogens with one attached hydrogen (secondary N) is 1. The molecule has 0 saturated carbocycles. The lowest BCUT2D eigenvalue weighted by atomic mass is 9.80. The molecule has 0 fully saturated rings. The number of benzene rings is 1. The van der Waals surface area contributed by atoms with E-state index in [2.05, 4.69) is 42.2 Å². The number of nitrogens with two attached hydrogens (primary N) is 1. The minimum absolute atomic E-state index is 0.0750. The lowest BCUT2D eigenvalue weighted by molar-refractivity contribution is 0.1000. The monoisotopic (exact) mass is 388 g/mol. The summed E-state index contributed by atoms with van der Waals surface area (Å²) >= 11 is 0. The summed E-state index contributed by atoms with van der Waals surface area (Å²) in [5.74, 6) is 1.29. The van der Waals surface area contributed by atoms with Gasteiger partial charge in [0.25, 0.3) is 0 Å². The van der Waals surface area contributed by atoms with Crippen molar-refractivity contribution in [2.24, 2.45) is 5.73 Å². The first-order chi connectivity index (χ1) is 14.0. The average molecular weight is 388 g/mol. The van der Waals surface area contributed by atoms with Crippen molar-refractivity contribution in [3.05, 3.63) is 71.2 Å². The Kier molecular flexibility index (Phi) is 4.95. The van der Waals surface area contributed by atoms with Crippen LogP contribution >= 0.6 is 0 Å². The van der Waals surface area contributed by atoms with E-state index in [1.807, 2.05) is 29.3 Å². The number of rotatable bonds is 4. The summed E-state index contributed by atoms with van der Waals surface area (Å²) in [6.07, 6.45) is 4.32. The zero-order chi connectivity index (χ0) is 20.5. The van der Waals surface area contributed by atoms with E-state index in [1.54, 1.807) is 18.5 Å². The highest BCUT2D eigenvalue weighted by molar-refractivity contribution is 5.58. The van der Waals surface area contributed by atoms with Crippen LogP contribution in [0.15, 0.2) is 65.6 Å². The fourth-order valence-corrected chi connectivity index (χ4v) is 3.91. The van der Waals surface area contributed by atoms with Gasteiger partial charge in [-0.2, -0.15) is 5.26 Å². The van der Waals surface area contributed by atoms with Crippen LogP contribution in [0.25, 0.3) is 11.4 Å². The van der Waals surface area contributed by atoms with Crippen molar-refractivity contribution in [1.82, 2.24) is 20.4 Å². The van der Waals surface area contributed by atoms with E-state index in [0.717, 1.165) is 23.1 Å². The number of hydrogen-bond acceptors (Lipinski definition) is 7. The standard InChI is InChI=1S/C22H24N6O/c1-4-17-19-18(14-6-8-15(9-7-14)21-25-10-5-11-26-21)16(12-23)20(24)29-22(19)28(27-17)13(2)3/h5-11,13,17-18,27H,4,24H2,1-3H3. The topological polar surface area (TPSA) is 100 Å². The summed E-state index contributed by atoms with van der Waals surface area (Å²) in [6, 6.07) is 12.3. The summed E-state index contributed by atoms with van der Waals surface area (Å²) in [4.78, 5) is 8.61. The first kappa shape index (κ1) is 19.0. The number of hydrogen-bond donors (Lipinski definition) is 2. The minimum atomic E-state index is -0.254. The first-order valence-electron chi connectivity index (χ1n) is 9.79. The third-order valence-corrected chi connectivity index (χ3v) is 5.32. The molecule has 3 N–H and O–H groups in total. The predicted octanol–water partition coefficient (Wildman–Crippen LogP) is 3.17. The van der Waals surface area contributed by atoms with Gasteiger partial charge in [-0.15, -0.1) is 0 Å². The molecule has 0 bridgehead atoms. The summed E-state index contributed by atoms with van der Waals surface area (Å²) in [7, 11) is 0. The van der Waals surface area contributed by atoms with Gasteiger partial charge < -0.3 is 10.5 Å². The number of hydrazine groups is 1. The maximum absolute atomic E-state index is 9.84. The molecule has 2 atom stereocenters. The Labute approximate surface area is 170 Å². The lowest BCUT2D eigenvalue weighted by Crippen LogP contribution is -2.42. The molecule has 1 aromatic heterocycles. The summed E-state index contributed by atoms with van der Waals surface area (Å²) in [5.41, 5.74) is 13.1. The van der Waals surface area contributed by atoms with Crippen LogP contribution in [-0.4, -0.2) is 27.1 Å². The van der Waals surface area contributed by atoms with Crippen LogP contribution in [0.3, 0.4) is 0 Å². The van der Waals surface area contributed by atoms with Crippen molar-refractivity contribution in [2.75, 3.05) is 0 Å². The summed E-state index contributed by atoms with van der Waals surface area (Å²) < 4.78 is 5.92. The second-order valence-electron chi connectivity index (χ2n) is 7.43. The SMILES string of the molecule is CCC1NN(C(C)C)C2=C1C(c1ccc(-c3ncccn3)cc1)C(C#N)=C(N)O2. The van der Waals surface area contributed by atoms with Crippen molar-refractivity contribution in [3.8, 4) is 17.5 Å². The second kappa shape index (κ2) is 7.57. The molecule has 0 radical (unpaired) electrons.